The van der Waals surface area contributed by atoms with Crippen LogP contribution in [0.15, 0.2) is 59.5 Å². The molecule has 21 heavy (non-hydrogen) atoms. The molecule has 0 saturated carbocycles. The molecule has 0 fully saturated rings. The van der Waals surface area contributed by atoms with Crippen molar-refractivity contribution in [3.8, 4) is 0 Å². The van der Waals surface area contributed by atoms with Gasteiger partial charge in [0.15, 0.2) is 0 Å². The Bertz CT molecular complexity index is 569. The molecule has 1 atom stereocenters. The number of carbonyl (C=O) groups excluding carboxylic acids is 1. The normalized spacial score (nSPS) is 12.0. The molecule has 1 amide bonds. The van der Waals surface area contributed by atoms with Gasteiger partial charge in [0.25, 0.3) is 0 Å². The fourth-order valence-corrected chi connectivity index (χ4v) is 2.82. The highest BCUT2D eigenvalue weighted by Gasteiger charge is 2.16. The van der Waals surface area contributed by atoms with Crippen LogP contribution in [0, 0.1) is 6.92 Å². The third-order valence-corrected chi connectivity index (χ3v) is 4.17. The van der Waals surface area contributed by atoms with Crippen LogP contribution in [0.1, 0.15) is 17.2 Å². The van der Waals surface area contributed by atoms with Gasteiger partial charge in [-0.1, -0.05) is 48.0 Å². The first kappa shape index (κ1) is 15.6. The number of carbonyl (C=O) groups is 1. The minimum absolute atomic E-state index is 0.346. The van der Waals surface area contributed by atoms with E-state index in [2.05, 4.69) is 36.5 Å². The topological polar surface area (TPSA) is 55.1 Å². The minimum Gasteiger partial charge on any atom is -0.368 e. The average Bonchev–Trinajstić information content (AvgIpc) is 2.49. The lowest BCUT2D eigenvalue weighted by molar-refractivity contribution is -0.120. The van der Waals surface area contributed by atoms with Gasteiger partial charge in [-0.05, 0) is 24.6 Å². The van der Waals surface area contributed by atoms with E-state index in [4.69, 9.17) is 5.73 Å². The van der Waals surface area contributed by atoms with Crippen molar-refractivity contribution in [1.82, 2.24) is 5.32 Å². The quantitative estimate of drug-likeness (QED) is 0.610. The Hall–Kier alpha value is -1.78. The molecule has 0 heterocycles. The number of primary amides is 1. The molecule has 2 rings (SSSR count). The first-order chi connectivity index (χ1) is 10.2. The van der Waals surface area contributed by atoms with Crippen LogP contribution >= 0.6 is 11.8 Å². The number of thioether (sulfide) groups is 1. The van der Waals surface area contributed by atoms with Crippen molar-refractivity contribution in [2.75, 3.05) is 12.3 Å². The minimum atomic E-state index is -0.426. The average molecular weight is 300 g/mol. The maximum atomic E-state index is 11.6. The van der Waals surface area contributed by atoms with Gasteiger partial charge < -0.3 is 11.1 Å². The van der Waals surface area contributed by atoms with Gasteiger partial charge in [0, 0.05) is 17.2 Å². The molecule has 2 aromatic carbocycles. The zero-order chi connectivity index (χ0) is 15.1. The third kappa shape index (κ3) is 4.92. The van der Waals surface area contributed by atoms with Crippen molar-refractivity contribution in [2.45, 2.75) is 17.9 Å². The van der Waals surface area contributed by atoms with Gasteiger partial charge in [-0.25, -0.2) is 0 Å². The van der Waals surface area contributed by atoms with Crippen LogP contribution in [-0.4, -0.2) is 18.2 Å². The second-order valence-corrected chi connectivity index (χ2v) is 6.03. The summed E-state index contributed by atoms with van der Waals surface area (Å²) in [4.78, 5) is 12.8. The summed E-state index contributed by atoms with van der Waals surface area (Å²) in [6, 6.07) is 17.6. The van der Waals surface area contributed by atoms with Crippen LogP contribution in [0.25, 0.3) is 0 Å². The van der Waals surface area contributed by atoms with E-state index in [9.17, 15) is 4.79 Å². The van der Waals surface area contributed by atoms with Gasteiger partial charge in [0.1, 0.15) is 6.04 Å². The summed E-state index contributed by atoms with van der Waals surface area (Å²) in [6.07, 6.45) is 0. The summed E-state index contributed by atoms with van der Waals surface area (Å²) in [5.41, 5.74) is 7.64. The highest BCUT2D eigenvalue weighted by atomic mass is 32.2. The Morgan fingerprint density at radius 3 is 2.43 bits per heavy atom. The van der Waals surface area contributed by atoms with Crippen LogP contribution in [0.2, 0.25) is 0 Å². The number of hydrogen-bond donors (Lipinski definition) is 2. The highest BCUT2D eigenvalue weighted by Crippen LogP contribution is 2.18. The van der Waals surface area contributed by atoms with Crippen molar-refractivity contribution < 1.29 is 4.79 Å². The Labute approximate surface area is 129 Å². The van der Waals surface area contributed by atoms with Crippen LogP contribution in [-0.2, 0) is 4.79 Å². The molecular formula is C17H20N2OS. The van der Waals surface area contributed by atoms with Crippen LogP contribution in [0.4, 0.5) is 0 Å². The van der Waals surface area contributed by atoms with Crippen LogP contribution in [0.3, 0.4) is 0 Å². The SMILES string of the molecule is Cc1ccc(SCCN[C@@H](C(N)=O)c2ccccc2)cc1. The summed E-state index contributed by atoms with van der Waals surface area (Å²) in [5, 5.41) is 3.22. The van der Waals surface area contributed by atoms with E-state index < -0.39 is 6.04 Å². The predicted octanol–water partition coefficient (Wildman–Crippen LogP) is 2.90. The van der Waals surface area contributed by atoms with Gasteiger partial charge in [0.05, 0.1) is 0 Å². The van der Waals surface area contributed by atoms with Crippen LogP contribution in [0.5, 0.6) is 0 Å². The Morgan fingerprint density at radius 1 is 1.14 bits per heavy atom. The summed E-state index contributed by atoms with van der Waals surface area (Å²) in [7, 11) is 0. The lowest BCUT2D eigenvalue weighted by Crippen LogP contribution is -2.34. The monoisotopic (exact) mass is 300 g/mol. The zero-order valence-electron chi connectivity index (χ0n) is 12.1. The smallest absolute Gasteiger partial charge is 0.239 e. The standard InChI is InChI=1S/C17H20N2OS/c1-13-7-9-15(10-8-13)21-12-11-19-16(17(18)20)14-5-3-2-4-6-14/h2-10,16,19H,11-12H2,1H3,(H2,18,20)/t16-/m1/s1. The van der Waals surface area contributed by atoms with Crippen molar-refractivity contribution in [3.63, 3.8) is 0 Å². The molecule has 3 N–H and O–H groups in total. The first-order valence-corrected chi connectivity index (χ1v) is 7.92. The molecule has 0 spiro atoms. The van der Waals surface area contributed by atoms with Gasteiger partial charge in [0.2, 0.25) is 5.91 Å². The fraction of sp³-hybridized carbons (Fsp3) is 0.235. The molecule has 0 bridgehead atoms. The fourth-order valence-electron chi connectivity index (χ4n) is 2.03. The van der Waals surface area contributed by atoms with Crippen molar-refractivity contribution in [2.24, 2.45) is 5.73 Å². The predicted molar refractivity (Wildman–Crippen MR) is 88.3 cm³/mol. The number of amides is 1. The number of aryl methyl sites for hydroxylation is 1. The second kappa shape index (κ2) is 7.86. The molecule has 4 heteroatoms. The molecule has 0 aliphatic rings. The number of benzene rings is 2. The Kier molecular flexibility index (Phi) is 5.84. The van der Waals surface area contributed by atoms with E-state index in [0.29, 0.717) is 0 Å². The van der Waals surface area contributed by atoms with E-state index >= 15 is 0 Å². The molecule has 0 aliphatic heterocycles. The lowest BCUT2D eigenvalue weighted by Gasteiger charge is -2.15. The summed E-state index contributed by atoms with van der Waals surface area (Å²) in [6.45, 7) is 2.80. The number of nitrogens with one attached hydrogen (secondary N) is 1. The first-order valence-electron chi connectivity index (χ1n) is 6.94. The van der Waals surface area contributed by atoms with E-state index in [-0.39, 0.29) is 5.91 Å². The molecule has 0 aromatic heterocycles. The van der Waals surface area contributed by atoms with E-state index in [1.54, 1.807) is 11.8 Å². The summed E-state index contributed by atoms with van der Waals surface area (Å²) >= 11 is 1.76. The maximum Gasteiger partial charge on any atom is 0.239 e. The molecule has 3 nitrogen and oxygen atoms in total. The summed E-state index contributed by atoms with van der Waals surface area (Å²) < 4.78 is 0. The zero-order valence-corrected chi connectivity index (χ0v) is 12.9. The van der Waals surface area contributed by atoms with Crippen molar-refractivity contribution in [3.05, 3.63) is 65.7 Å². The van der Waals surface area contributed by atoms with E-state index in [1.165, 1.54) is 10.5 Å². The maximum absolute atomic E-state index is 11.6. The van der Waals surface area contributed by atoms with Gasteiger partial charge >= 0.3 is 0 Å². The molecule has 0 radical (unpaired) electrons. The molecule has 0 saturated heterocycles. The molecule has 2 aromatic rings. The molecular weight excluding hydrogens is 280 g/mol. The van der Waals surface area contributed by atoms with Crippen molar-refractivity contribution >= 4 is 17.7 Å². The summed E-state index contributed by atoms with van der Waals surface area (Å²) in [5.74, 6) is 0.543. The van der Waals surface area contributed by atoms with E-state index in [1.807, 2.05) is 30.3 Å². The number of hydrogen-bond acceptors (Lipinski definition) is 3. The Balaban J connectivity index is 1.83. The third-order valence-electron chi connectivity index (χ3n) is 3.16. The molecule has 110 valence electrons. The molecule has 0 aliphatic carbocycles. The van der Waals surface area contributed by atoms with E-state index in [0.717, 1.165) is 17.9 Å². The number of rotatable bonds is 7. The van der Waals surface area contributed by atoms with Crippen LogP contribution < -0.4 is 11.1 Å². The largest absolute Gasteiger partial charge is 0.368 e. The second-order valence-electron chi connectivity index (χ2n) is 4.86. The van der Waals surface area contributed by atoms with Gasteiger partial charge in [-0.2, -0.15) is 0 Å². The van der Waals surface area contributed by atoms with Crippen molar-refractivity contribution in [1.29, 1.82) is 0 Å². The highest BCUT2D eigenvalue weighted by molar-refractivity contribution is 7.99. The van der Waals surface area contributed by atoms with Gasteiger partial charge in [-0.15, -0.1) is 11.8 Å². The number of nitrogens with two attached hydrogens (primary N) is 1. The lowest BCUT2D eigenvalue weighted by atomic mass is 10.1. The Morgan fingerprint density at radius 2 is 1.81 bits per heavy atom. The van der Waals surface area contributed by atoms with Gasteiger partial charge in [-0.3, -0.25) is 4.79 Å². The molecule has 0 unspecified atom stereocenters.